The summed E-state index contributed by atoms with van der Waals surface area (Å²) in [5.74, 6) is -0.113. The number of halogens is 1. The van der Waals surface area contributed by atoms with Crippen LogP contribution < -0.4 is 5.32 Å². The van der Waals surface area contributed by atoms with Crippen LogP contribution in [0.1, 0.15) is 37.8 Å². The fraction of sp³-hybridized carbons (Fsp3) is 0.625. The molecule has 0 bridgehead atoms. The summed E-state index contributed by atoms with van der Waals surface area (Å²) in [6, 6.07) is 7.55. The second kappa shape index (κ2) is 5.22. The number of nitrogens with one attached hydrogen (secondary N) is 1. The molecule has 2 aliphatic heterocycles. The highest BCUT2D eigenvalue weighted by atomic mass is 19.1. The van der Waals surface area contributed by atoms with Crippen molar-refractivity contribution in [3.8, 4) is 0 Å². The SMILES string of the molecule is CC1(CN2CCCC2c2cccc(F)c2)CCNC1. The predicted octanol–water partition coefficient (Wildman–Crippen LogP) is 2.96. The first-order valence-corrected chi connectivity index (χ1v) is 7.37. The third-order valence-corrected chi connectivity index (χ3v) is 4.64. The molecule has 0 radical (unpaired) electrons. The fourth-order valence-corrected chi connectivity index (χ4v) is 3.60. The van der Waals surface area contributed by atoms with Gasteiger partial charge in [-0.05, 0) is 55.5 Å². The molecule has 2 atom stereocenters. The van der Waals surface area contributed by atoms with Crippen LogP contribution in [0, 0.1) is 11.2 Å². The number of benzene rings is 1. The monoisotopic (exact) mass is 262 g/mol. The van der Waals surface area contributed by atoms with Crippen molar-refractivity contribution in [1.29, 1.82) is 0 Å². The highest BCUT2D eigenvalue weighted by molar-refractivity contribution is 5.21. The summed E-state index contributed by atoms with van der Waals surface area (Å²) >= 11 is 0. The van der Waals surface area contributed by atoms with Gasteiger partial charge in [0.25, 0.3) is 0 Å². The van der Waals surface area contributed by atoms with Crippen molar-refractivity contribution >= 4 is 0 Å². The first-order valence-electron chi connectivity index (χ1n) is 7.37. The molecule has 1 aromatic carbocycles. The predicted molar refractivity (Wildman–Crippen MR) is 75.5 cm³/mol. The summed E-state index contributed by atoms with van der Waals surface area (Å²) < 4.78 is 13.4. The zero-order chi connectivity index (χ0) is 13.3. The van der Waals surface area contributed by atoms with Gasteiger partial charge in [0.05, 0.1) is 0 Å². The number of nitrogens with zero attached hydrogens (tertiary/aromatic N) is 1. The zero-order valence-electron chi connectivity index (χ0n) is 11.7. The molecule has 2 unspecified atom stereocenters. The van der Waals surface area contributed by atoms with Gasteiger partial charge in [-0.2, -0.15) is 0 Å². The van der Waals surface area contributed by atoms with E-state index >= 15 is 0 Å². The number of likely N-dealkylation sites (tertiary alicyclic amines) is 1. The van der Waals surface area contributed by atoms with Crippen LogP contribution in [0.25, 0.3) is 0 Å². The van der Waals surface area contributed by atoms with Gasteiger partial charge in [0.2, 0.25) is 0 Å². The van der Waals surface area contributed by atoms with Gasteiger partial charge < -0.3 is 5.32 Å². The van der Waals surface area contributed by atoms with Crippen LogP contribution in [0.5, 0.6) is 0 Å². The van der Waals surface area contributed by atoms with Gasteiger partial charge in [0, 0.05) is 19.1 Å². The minimum atomic E-state index is -0.113. The minimum absolute atomic E-state index is 0.113. The molecule has 0 spiro atoms. The van der Waals surface area contributed by atoms with Gasteiger partial charge in [-0.3, -0.25) is 4.90 Å². The summed E-state index contributed by atoms with van der Waals surface area (Å²) in [5, 5.41) is 3.46. The summed E-state index contributed by atoms with van der Waals surface area (Å²) in [4.78, 5) is 2.56. The Balaban J connectivity index is 1.74. The van der Waals surface area contributed by atoms with Crippen LogP contribution in [-0.2, 0) is 0 Å². The summed E-state index contributed by atoms with van der Waals surface area (Å²) in [7, 11) is 0. The molecule has 2 heterocycles. The molecule has 1 aromatic rings. The lowest BCUT2D eigenvalue weighted by molar-refractivity contribution is 0.165. The second-order valence-corrected chi connectivity index (χ2v) is 6.42. The molecule has 3 rings (SSSR count). The Morgan fingerprint density at radius 2 is 2.37 bits per heavy atom. The first kappa shape index (κ1) is 13.1. The van der Waals surface area contributed by atoms with Gasteiger partial charge in [-0.1, -0.05) is 19.1 Å². The summed E-state index contributed by atoms with van der Waals surface area (Å²) in [6.45, 7) is 6.89. The molecule has 0 amide bonds. The molecule has 3 heteroatoms. The van der Waals surface area contributed by atoms with Crippen molar-refractivity contribution in [2.24, 2.45) is 5.41 Å². The van der Waals surface area contributed by atoms with Crippen LogP contribution in [-0.4, -0.2) is 31.1 Å². The normalized spacial score (nSPS) is 32.0. The molecular weight excluding hydrogens is 239 g/mol. The maximum atomic E-state index is 13.4. The van der Waals surface area contributed by atoms with Crippen LogP contribution >= 0.6 is 0 Å². The largest absolute Gasteiger partial charge is 0.316 e. The van der Waals surface area contributed by atoms with E-state index in [0.29, 0.717) is 11.5 Å². The van der Waals surface area contributed by atoms with E-state index in [-0.39, 0.29) is 5.82 Å². The van der Waals surface area contributed by atoms with Gasteiger partial charge in [0.1, 0.15) is 5.82 Å². The first-order chi connectivity index (χ1) is 9.16. The van der Waals surface area contributed by atoms with Crippen molar-refractivity contribution in [1.82, 2.24) is 10.2 Å². The molecule has 1 N–H and O–H groups in total. The Morgan fingerprint density at radius 3 is 3.11 bits per heavy atom. The molecule has 2 fully saturated rings. The van der Waals surface area contributed by atoms with E-state index in [1.807, 2.05) is 6.07 Å². The zero-order valence-corrected chi connectivity index (χ0v) is 11.7. The summed E-state index contributed by atoms with van der Waals surface area (Å²) in [6.07, 6.45) is 3.64. The highest BCUT2D eigenvalue weighted by Gasteiger charge is 2.35. The van der Waals surface area contributed by atoms with Gasteiger partial charge in [0.15, 0.2) is 0 Å². The molecule has 2 saturated heterocycles. The average Bonchev–Trinajstić information content (AvgIpc) is 2.99. The average molecular weight is 262 g/mol. The Hall–Kier alpha value is -0.930. The van der Waals surface area contributed by atoms with Crippen LogP contribution in [0.3, 0.4) is 0 Å². The van der Waals surface area contributed by atoms with Gasteiger partial charge >= 0.3 is 0 Å². The van der Waals surface area contributed by atoms with Crippen molar-refractivity contribution in [3.05, 3.63) is 35.6 Å². The topological polar surface area (TPSA) is 15.3 Å². The standard InChI is InChI=1S/C16H23FN2/c1-16(7-8-18-11-16)12-19-9-3-6-15(19)13-4-2-5-14(17)10-13/h2,4-5,10,15,18H,3,6-9,11-12H2,1H3. The lowest BCUT2D eigenvalue weighted by Gasteiger charge is -2.33. The number of hydrogen-bond acceptors (Lipinski definition) is 2. The molecule has 0 aliphatic carbocycles. The van der Waals surface area contributed by atoms with E-state index in [2.05, 4.69) is 23.2 Å². The molecular formula is C16H23FN2. The lowest BCUT2D eigenvalue weighted by Crippen LogP contribution is -2.37. The molecule has 0 saturated carbocycles. The molecule has 0 aromatic heterocycles. The minimum Gasteiger partial charge on any atom is -0.316 e. The van der Waals surface area contributed by atoms with Crippen molar-refractivity contribution in [2.45, 2.75) is 32.2 Å². The Labute approximate surface area is 115 Å². The fourth-order valence-electron chi connectivity index (χ4n) is 3.60. The van der Waals surface area contributed by atoms with Crippen LogP contribution in [0.2, 0.25) is 0 Å². The maximum absolute atomic E-state index is 13.4. The Kier molecular flexibility index (Phi) is 3.59. The quantitative estimate of drug-likeness (QED) is 0.901. The number of hydrogen-bond donors (Lipinski definition) is 1. The maximum Gasteiger partial charge on any atom is 0.123 e. The van der Waals surface area contributed by atoms with Crippen molar-refractivity contribution < 1.29 is 4.39 Å². The molecule has 2 aliphatic rings. The van der Waals surface area contributed by atoms with Gasteiger partial charge in [-0.25, -0.2) is 4.39 Å². The lowest BCUT2D eigenvalue weighted by atomic mass is 9.88. The van der Waals surface area contributed by atoms with Crippen LogP contribution in [0.4, 0.5) is 4.39 Å². The van der Waals surface area contributed by atoms with Crippen LogP contribution in [0.15, 0.2) is 24.3 Å². The van der Waals surface area contributed by atoms with E-state index in [0.717, 1.165) is 38.2 Å². The van der Waals surface area contributed by atoms with E-state index in [9.17, 15) is 4.39 Å². The molecule has 104 valence electrons. The van der Waals surface area contributed by atoms with E-state index < -0.39 is 0 Å². The molecule has 2 nitrogen and oxygen atoms in total. The molecule has 19 heavy (non-hydrogen) atoms. The Morgan fingerprint density at radius 1 is 1.47 bits per heavy atom. The van der Waals surface area contributed by atoms with Crippen molar-refractivity contribution in [2.75, 3.05) is 26.2 Å². The van der Waals surface area contributed by atoms with E-state index in [4.69, 9.17) is 0 Å². The van der Waals surface area contributed by atoms with E-state index in [1.165, 1.54) is 18.9 Å². The third-order valence-electron chi connectivity index (χ3n) is 4.64. The second-order valence-electron chi connectivity index (χ2n) is 6.42. The Bertz CT molecular complexity index is 440. The third kappa shape index (κ3) is 2.82. The van der Waals surface area contributed by atoms with Crippen molar-refractivity contribution in [3.63, 3.8) is 0 Å². The van der Waals surface area contributed by atoms with E-state index in [1.54, 1.807) is 6.07 Å². The smallest absolute Gasteiger partial charge is 0.123 e. The number of rotatable bonds is 3. The highest BCUT2D eigenvalue weighted by Crippen LogP contribution is 2.36. The summed E-state index contributed by atoms with van der Waals surface area (Å²) in [5.41, 5.74) is 1.53. The van der Waals surface area contributed by atoms with Gasteiger partial charge in [-0.15, -0.1) is 0 Å².